The van der Waals surface area contributed by atoms with E-state index in [9.17, 15) is 4.79 Å². The zero-order valence-corrected chi connectivity index (χ0v) is 18.4. The third-order valence-corrected chi connectivity index (χ3v) is 6.42. The van der Waals surface area contributed by atoms with Crippen molar-refractivity contribution in [3.05, 3.63) is 40.2 Å². The van der Waals surface area contributed by atoms with Crippen LogP contribution in [0.25, 0.3) is 17.0 Å². The van der Waals surface area contributed by atoms with Gasteiger partial charge < -0.3 is 19.8 Å². The van der Waals surface area contributed by atoms with Crippen LogP contribution in [0, 0.1) is 0 Å². The van der Waals surface area contributed by atoms with Crippen molar-refractivity contribution >= 4 is 46.9 Å². The van der Waals surface area contributed by atoms with E-state index in [1.807, 2.05) is 29.7 Å². The number of aromatic nitrogens is 1. The Morgan fingerprint density at radius 1 is 1.35 bits per heavy atom. The summed E-state index contributed by atoms with van der Waals surface area (Å²) in [5.74, 6) is -0.454. The summed E-state index contributed by atoms with van der Waals surface area (Å²) in [5.41, 5.74) is 7.75. The molecule has 0 bridgehead atoms. The number of nitrogens with zero attached hydrogens (tertiary/aromatic N) is 1. The third-order valence-electron chi connectivity index (χ3n) is 4.02. The summed E-state index contributed by atoms with van der Waals surface area (Å²) < 4.78 is 14.2. The molecule has 0 fully saturated rings. The molecule has 0 atom stereocenters. The average molecular weight is 439 g/mol. The molecule has 7 heteroatoms. The quantitative estimate of drug-likeness (QED) is 0.346. The maximum Gasteiger partial charge on any atom is 0.250 e. The lowest BCUT2D eigenvalue weighted by atomic mass is 10.1. The van der Waals surface area contributed by atoms with E-state index in [4.69, 9.17) is 15.2 Å². The summed E-state index contributed by atoms with van der Waals surface area (Å²) in [6, 6.07) is 6.67. The van der Waals surface area contributed by atoms with E-state index in [1.54, 1.807) is 12.3 Å². The van der Waals surface area contributed by atoms with Crippen LogP contribution >= 0.6 is 15.9 Å². The maximum atomic E-state index is 11.9. The highest BCUT2D eigenvalue weighted by atomic mass is 79.9. The first-order valence-corrected chi connectivity index (χ1v) is 13.2. The van der Waals surface area contributed by atoms with Crippen molar-refractivity contribution in [2.75, 3.05) is 13.2 Å². The molecule has 1 aromatic heterocycles. The molecule has 1 heterocycles. The molecule has 1 aromatic carbocycles. The molecule has 0 unspecified atom stereocenters. The third kappa shape index (κ3) is 5.22. The number of hydrogen-bond donors (Lipinski definition) is 1. The largest absolute Gasteiger partial charge is 0.501 e. The van der Waals surface area contributed by atoms with Gasteiger partial charge in [0.05, 0.1) is 23.9 Å². The molecule has 0 saturated carbocycles. The topological polar surface area (TPSA) is 66.5 Å². The number of fused-ring (bicyclic) bond motifs is 1. The molecule has 2 aromatic rings. The summed E-state index contributed by atoms with van der Waals surface area (Å²) >= 11 is 3.56. The summed E-state index contributed by atoms with van der Waals surface area (Å²) in [5, 5.41) is 0.922. The molecule has 142 valence electrons. The van der Waals surface area contributed by atoms with E-state index in [-0.39, 0.29) is 0 Å². The van der Waals surface area contributed by atoms with Gasteiger partial charge in [-0.15, -0.1) is 0 Å². The Labute approximate surface area is 164 Å². The Balaban J connectivity index is 2.43. The highest BCUT2D eigenvalue weighted by Gasteiger charge is 2.17. The summed E-state index contributed by atoms with van der Waals surface area (Å²) in [7, 11) is -1.16. The van der Waals surface area contributed by atoms with E-state index in [0.29, 0.717) is 25.5 Å². The number of ether oxygens (including phenoxy) is 2. The van der Waals surface area contributed by atoms with Gasteiger partial charge in [0, 0.05) is 30.2 Å². The Kier molecular flexibility index (Phi) is 7.08. The highest BCUT2D eigenvalue weighted by Crippen LogP contribution is 2.31. The minimum absolute atomic E-state index is 0.358. The van der Waals surface area contributed by atoms with Gasteiger partial charge in [-0.2, -0.15) is 0 Å². The first-order valence-electron chi connectivity index (χ1n) is 8.72. The zero-order chi connectivity index (χ0) is 19.3. The smallest absolute Gasteiger partial charge is 0.250 e. The fourth-order valence-corrected chi connectivity index (χ4v) is 3.78. The van der Waals surface area contributed by atoms with Crippen LogP contribution in [0.4, 0.5) is 0 Å². The first kappa shape index (κ1) is 20.7. The molecule has 0 radical (unpaired) electrons. The molecule has 0 aliphatic rings. The van der Waals surface area contributed by atoms with Gasteiger partial charge in [0.15, 0.2) is 0 Å². The normalized spacial score (nSPS) is 12.2. The second kappa shape index (κ2) is 8.88. The SMILES string of the molecule is CCO/C=C/c1cc2c(Br)ccc(C(N)=O)c2n1COCC[Si](C)(C)C. The van der Waals surface area contributed by atoms with E-state index >= 15 is 0 Å². The van der Waals surface area contributed by atoms with Crippen LogP contribution in [0.5, 0.6) is 0 Å². The number of benzene rings is 1. The predicted molar refractivity (Wildman–Crippen MR) is 113 cm³/mol. The monoisotopic (exact) mass is 438 g/mol. The molecular formula is C19H27BrN2O3Si. The van der Waals surface area contributed by atoms with Crippen molar-refractivity contribution in [2.24, 2.45) is 5.73 Å². The molecular weight excluding hydrogens is 412 g/mol. The van der Waals surface area contributed by atoms with Gasteiger partial charge in [-0.3, -0.25) is 4.79 Å². The van der Waals surface area contributed by atoms with Gasteiger partial charge in [0.2, 0.25) is 0 Å². The van der Waals surface area contributed by atoms with Crippen LogP contribution in [-0.2, 0) is 16.2 Å². The zero-order valence-electron chi connectivity index (χ0n) is 15.8. The summed E-state index contributed by atoms with van der Waals surface area (Å²) in [6.07, 6.45) is 3.53. The molecule has 1 amide bonds. The number of primary amides is 1. The van der Waals surface area contributed by atoms with Crippen LogP contribution in [0.2, 0.25) is 25.7 Å². The van der Waals surface area contributed by atoms with E-state index in [2.05, 4.69) is 35.6 Å². The number of nitrogens with two attached hydrogens (primary N) is 1. The summed E-state index contributed by atoms with van der Waals surface area (Å²) in [4.78, 5) is 11.9. The van der Waals surface area contributed by atoms with Crippen molar-refractivity contribution in [3.63, 3.8) is 0 Å². The standard InChI is InChI=1S/C19H27BrN2O3Si/c1-5-24-9-8-14-12-16-17(20)7-6-15(19(21)23)18(16)22(14)13-25-10-11-26(2,3)4/h6-9,12H,5,10-11,13H2,1-4H3,(H2,21,23)/b9-8+. The minimum atomic E-state index is -1.16. The molecule has 0 spiro atoms. The fourth-order valence-electron chi connectivity index (χ4n) is 2.59. The lowest BCUT2D eigenvalue weighted by molar-refractivity contribution is 0.0895. The van der Waals surface area contributed by atoms with Crippen LogP contribution in [-0.4, -0.2) is 31.8 Å². The number of carbonyl (C=O) groups excluding carboxylic acids is 1. The van der Waals surface area contributed by atoms with Crippen LogP contribution in [0.1, 0.15) is 23.0 Å². The fraction of sp³-hybridized carbons (Fsp3) is 0.421. The van der Waals surface area contributed by atoms with E-state index in [1.165, 1.54) is 0 Å². The second-order valence-electron chi connectivity index (χ2n) is 7.32. The first-order chi connectivity index (χ1) is 12.2. The Bertz CT molecular complexity index is 809. The van der Waals surface area contributed by atoms with Crippen LogP contribution in [0.15, 0.2) is 28.9 Å². The van der Waals surface area contributed by atoms with Crippen molar-refractivity contribution < 1.29 is 14.3 Å². The molecule has 2 rings (SSSR count). The second-order valence-corrected chi connectivity index (χ2v) is 13.8. The lowest BCUT2D eigenvalue weighted by Gasteiger charge is -2.17. The van der Waals surface area contributed by atoms with Crippen molar-refractivity contribution in [2.45, 2.75) is 39.3 Å². The molecule has 26 heavy (non-hydrogen) atoms. The van der Waals surface area contributed by atoms with Crippen molar-refractivity contribution in [3.8, 4) is 0 Å². The molecule has 0 aliphatic carbocycles. The number of rotatable bonds is 9. The van der Waals surface area contributed by atoms with E-state index in [0.717, 1.165) is 27.1 Å². The average Bonchev–Trinajstić information content (AvgIpc) is 2.90. The number of hydrogen-bond acceptors (Lipinski definition) is 3. The Hall–Kier alpha value is -1.57. The Morgan fingerprint density at radius 2 is 2.08 bits per heavy atom. The number of amides is 1. The van der Waals surface area contributed by atoms with Gasteiger partial charge >= 0.3 is 0 Å². The number of carbonyl (C=O) groups is 1. The number of halogens is 1. The van der Waals surface area contributed by atoms with Crippen LogP contribution < -0.4 is 5.73 Å². The molecule has 2 N–H and O–H groups in total. The summed E-state index contributed by atoms with van der Waals surface area (Å²) in [6.45, 7) is 10.5. The van der Waals surface area contributed by atoms with Crippen molar-refractivity contribution in [1.29, 1.82) is 0 Å². The predicted octanol–water partition coefficient (Wildman–Crippen LogP) is 4.82. The van der Waals surface area contributed by atoms with Crippen molar-refractivity contribution in [1.82, 2.24) is 4.57 Å². The van der Waals surface area contributed by atoms with Crippen LogP contribution in [0.3, 0.4) is 0 Å². The maximum absolute atomic E-state index is 11.9. The molecule has 5 nitrogen and oxygen atoms in total. The minimum Gasteiger partial charge on any atom is -0.501 e. The van der Waals surface area contributed by atoms with Gasteiger partial charge in [-0.05, 0) is 37.2 Å². The van der Waals surface area contributed by atoms with E-state index < -0.39 is 14.0 Å². The molecule has 0 saturated heterocycles. The lowest BCUT2D eigenvalue weighted by Crippen LogP contribution is -2.22. The van der Waals surface area contributed by atoms with Gasteiger partial charge in [-0.25, -0.2) is 0 Å². The van der Waals surface area contributed by atoms with Gasteiger partial charge in [-0.1, -0.05) is 35.6 Å². The molecule has 0 aliphatic heterocycles. The van der Waals surface area contributed by atoms with Gasteiger partial charge in [0.25, 0.3) is 5.91 Å². The Morgan fingerprint density at radius 3 is 2.69 bits per heavy atom. The van der Waals surface area contributed by atoms with Gasteiger partial charge in [0.1, 0.15) is 6.73 Å². The highest BCUT2D eigenvalue weighted by molar-refractivity contribution is 9.10.